The van der Waals surface area contributed by atoms with Gasteiger partial charge in [-0.2, -0.15) is 0 Å². The van der Waals surface area contributed by atoms with Crippen molar-refractivity contribution in [1.29, 1.82) is 0 Å². The van der Waals surface area contributed by atoms with Crippen LogP contribution in [0.3, 0.4) is 0 Å². The number of nitrogens with zero attached hydrogens (tertiary/aromatic N) is 1. The molecule has 24 heavy (non-hydrogen) atoms. The highest BCUT2D eigenvalue weighted by atomic mass is 16.6. The summed E-state index contributed by atoms with van der Waals surface area (Å²) >= 11 is 0. The fraction of sp³-hybridized carbons (Fsp3) is 0.812. The SMILES string of the molecule is CC.CC=O.COCCOCCOCCOCCN(N)/C=C(/C)N. The van der Waals surface area contributed by atoms with Gasteiger partial charge in [0.2, 0.25) is 0 Å². The van der Waals surface area contributed by atoms with Crippen LogP contribution < -0.4 is 11.6 Å². The molecule has 146 valence electrons. The molecule has 0 heterocycles. The van der Waals surface area contributed by atoms with Crippen LogP contribution in [-0.2, 0) is 23.7 Å². The lowest BCUT2D eigenvalue weighted by Crippen LogP contribution is -2.30. The van der Waals surface area contributed by atoms with E-state index in [9.17, 15) is 0 Å². The molecule has 0 saturated carbocycles. The summed E-state index contributed by atoms with van der Waals surface area (Å²) in [6, 6.07) is 0. The minimum absolute atomic E-state index is 0.536. The normalized spacial score (nSPS) is 10.2. The van der Waals surface area contributed by atoms with Crippen LogP contribution in [0.1, 0.15) is 27.7 Å². The lowest BCUT2D eigenvalue weighted by Gasteiger charge is -2.14. The van der Waals surface area contributed by atoms with Gasteiger partial charge >= 0.3 is 0 Å². The van der Waals surface area contributed by atoms with Gasteiger partial charge in [0.25, 0.3) is 0 Å². The third kappa shape index (κ3) is 32.7. The highest BCUT2D eigenvalue weighted by molar-refractivity contribution is 5.44. The van der Waals surface area contributed by atoms with Crippen LogP contribution in [0.5, 0.6) is 0 Å². The number of methoxy groups -OCH3 is 1. The highest BCUT2D eigenvalue weighted by Gasteiger charge is 1.94. The number of rotatable bonds is 13. The summed E-state index contributed by atoms with van der Waals surface area (Å²) in [6.45, 7) is 11.8. The predicted octanol–water partition coefficient (Wildman–Crippen LogP) is 0.910. The molecule has 0 spiro atoms. The fourth-order valence-electron chi connectivity index (χ4n) is 1.18. The van der Waals surface area contributed by atoms with Crippen molar-refractivity contribution in [3.8, 4) is 0 Å². The predicted molar refractivity (Wildman–Crippen MR) is 96.3 cm³/mol. The molecule has 0 radical (unpaired) electrons. The second-order valence-electron chi connectivity index (χ2n) is 4.18. The Kier molecular flexibility index (Phi) is 30.8. The summed E-state index contributed by atoms with van der Waals surface area (Å²) < 4.78 is 20.8. The third-order valence-corrected chi connectivity index (χ3v) is 2.04. The molecule has 8 nitrogen and oxygen atoms in total. The largest absolute Gasteiger partial charge is 0.401 e. The van der Waals surface area contributed by atoms with Gasteiger partial charge in [0.15, 0.2) is 0 Å². The van der Waals surface area contributed by atoms with Gasteiger partial charge < -0.3 is 34.5 Å². The first-order valence-electron chi connectivity index (χ1n) is 8.15. The summed E-state index contributed by atoms with van der Waals surface area (Å²) in [5, 5.41) is 1.50. The van der Waals surface area contributed by atoms with Gasteiger partial charge in [0.05, 0.1) is 52.8 Å². The number of aldehydes is 1. The molecule has 0 aliphatic carbocycles. The average molecular weight is 351 g/mol. The second-order valence-corrected chi connectivity index (χ2v) is 4.18. The van der Waals surface area contributed by atoms with Gasteiger partial charge in [-0.1, -0.05) is 13.8 Å². The highest BCUT2D eigenvalue weighted by Crippen LogP contribution is 1.86. The molecule has 0 atom stereocenters. The molecule has 0 amide bonds. The summed E-state index contributed by atoms with van der Waals surface area (Å²) in [5.41, 5.74) is 6.15. The van der Waals surface area contributed by atoms with Crippen LogP contribution in [0.4, 0.5) is 0 Å². The number of ether oxygens (including phenoxy) is 4. The molecule has 8 heteroatoms. The van der Waals surface area contributed by atoms with Crippen molar-refractivity contribution < 1.29 is 23.7 Å². The zero-order chi connectivity index (χ0) is 19.1. The van der Waals surface area contributed by atoms with Crippen molar-refractivity contribution in [2.24, 2.45) is 11.6 Å². The van der Waals surface area contributed by atoms with E-state index in [0.717, 1.165) is 6.29 Å². The summed E-state index contributed by atoms with van der Waals surface area (Å²) in [6.07, 6.45) is 2.41. The average Bonchev–Trinajstić information content (AvgIpc) is 2.54. The first-order chi connectivity index (χ1) is 11.6. The quantitative estimate of drug-likeness (QED) is 0.218. The first kappa shape index (κ1) is 27.6. The minimum Gasteiger partial charge on any atom is -0.401 e. The summed E-state index contributed by atoms with van der Waals surface area (Å²) in [5.74, 6) is 5.63. The van der Waals surface area contributed by atoms with Gasteiger partial charge in [0, 0.05) is 19.0 Å². The van der Waals surface area contributed by atoms with Crippen LogP contribution in [-0.4, -0.2) is 71.2 Å². The molecule has 0 aliphatic heterocycles. The zero-order valence-electron chi connectivity index (χ0n) is 16.0. The Morgan fingerprint density at radius 2 is 1.33 bits per heavy atom. The van der Waals surface area contributed by atoms with E-state index < -0.39 is 0 Å². The van der Waals surface area contributed by atoms with Crippen LogP contribution in [0.15, 0.2) is 11.9 Å². The Balaban J connectivity index is -0.000000786. The first-order valence-corrected chi connectivity index (χ1v) is 8.15. The van der Waals surface area contributed by atoms with Gasteiger partial charge in [-0.25, -0.2) is 5.84 Å². The molecule has 0 aliphatic rings. The molecule has 0 aromatic carbocycles. The Hall–Kier alpha value is -1.19. The van der Waals surface area contributed by atoms with Gasteiger partial charge in [-0.3, -0.25) is 0 Å². The molecule has 0 aromatic heterocycles. The Bertz CT molecular complexity index is 262. The van der Waals surface area contributed by atoms with E-state index in [1.165, 1.54) is 11.9 Å². The number of hydrogen-bond donors (Lipinski definition) is 2. The van der Waals surface area contributed by atoms with Crippen LogP contribution in [0.2, 0.25) is 0 Å². The van der Waals surface area contributed by atoms with Crippen LogP contribution >= 0.6 is 0 Å². The van der Waals surface area contributed by atoms with Gasteiger partial charge in [-0.15, -0.1) is 0 Å². The third-order valence-electron chi connectivity index (χ3n) is 2.04. The monoisotopic (exact) mass is 351 g/mol. The van der Waals surface area contributed by atoms with Crippen molar-refractivity contribution in [1.82, 2.24) is 5.01 Å². The molecule has 0 aromatic rings. The van der Waals surface area contributed by atoms with Crippen molar-refractivity contribution in [3.05, 3.63) is 11.9 Å². The molecule has 0 bridgehead atoms. The second kappa shape index (κ2) is 26.7. The van der Waals surface area contributed by atoms with E-state index in [-0.39, 0.29) is 0 Å². The molecule has 0 fully saturated rings. The number of nitrogens with two attached hydrogens (primary N) is 2. The maximum Gasteiger partial charge on any atom is 0.116 e. The summed E-state index contributed by atoms with van der Waals surface area (Å²) in [4.78, 5) is 8.81. The van der Waals surface area contributed by atoms with Crippen LogP contribution in [0.25, 0.3) is 0 Å². The van der Waals surface area contributed by atoms with E-state index >= 15 is 0 Å². The van der Waals surface area contributed by atoms with Crippen molar-refractivity contribution >= 4 is 6.29 Å². The van der Waals surface area contributed by atoms with E-state index in [1.807, 2.05) is 13.8 Å². The smallest absolute Gasteiger partial charge is 0.116 e. The Morgan fingerprint density at radius 3 is 1.71 bits per heavy atom. The van der Waals surface area contributed by atoms with Crippen molar-refractivity contribution in [2.75, 3.05) is 59.9 Å². The topological polar surface area (TPSA) is 109 Å². The van der Waals surface area contributed by atoms with Crippen molar-refractivity contribution in [2.45, 2.75) is 27.7 Å². The molecule has 0 rings (SSSR count). The van der Waals surface area contributed by atoms with E-state index in [2.05, 4.69) is 0 Å². The van der Waals surface area contributed by atoms with E-state index in [1.54, 1.807) is 20.2 Å². The number of carbonyl (C=O) groups is 1. The fourth-order valence-corrected chi connectivity index (χ4v) is 1.18. The maximum absolute atomic E-state index is 8.81. The summed E-state index contributed by atoms with van der Waals surface area (Å²) in [7, 11) is 1.64. The lowest BCUT2D eigenvalue weighted by atomic mass is 10.5. The minimum atomic E-state index is 0.536. The zero-order valence-corrected chi connectivity index (χ0v) is 16.0. The van der Waals surface area contributed by atoms with Gasteiger partial charge in [0.1, 0.15) is 6.29 Å². The molecule has 0 unspecified atom stereocenters. The van der Waals surface area contributed by atoms with E-state index in [0.29, 0.717) is 58.5 Å². The maximum atomic E-state index is 8.81. The van der Waals surface area contributed by atoms with Gasteiger partial charge in [-0.05, 0) is 13.8 Å². The lowest BCUT2D eigenvalue weighted by molar-refractivity contribution is -0.106. The molecular weight excluding hydrogens is 314 g/mol. The number of carbonyl (C=O) groups excluding carboxylic acids is 1. The van der Waals surface area contributed by atoms with Crippen molar-refractivity contribution in [3.63, 3.8) is 0 Å². The molecule has 0 saturated heterocycles. The number of hydrogen-bond acceptors (Lipinski definition) is 8. The number of hydrazine groups is 1. The number of allylic oxidation sites excluding steroid dienone is 1. The van der Waals surface area contributed by atoms with E-state index in [4.69, 9.17) is 35.3 Å². The molecule has 4 N–H and O–H groups in total. The van der Waals surface area contributed by atoms with Crippen LogP contribution in [0, 0.1) is 0 Å². The Morgan fingerprint density at radius 1 is 0.958 bits per heavy atom. The molecular formula is C16H37N3O5. The Labute approximate surface area is 147 Å². The standard InChI is InChI=1S/C12H27N3O4.C2H4O.C2H6/c1-12(13)11-15(14)3-4-17-7-8-19-10-9-18-6-5-16-2;1-2-3;1-2/h11H,3-10,13-14H2,1-2H3;2H,1H3;1-2H3/b12-11-;;.